The van der Waals surface area contributed by atoms with Crippen molar-refractivity contribution < 1.29 is 13.9 Å². The SMILES string of the molecule is Cc1ccc(Oc2cccc(F)c2C=O)c(C(C)(C)C)c1. The molecule has 2 rings (SSSR count). The second-order valence-corrected chi connectivity index (χ2v) is 6.12. The van der Waals surface area contributed by atoms with Crippen molar-refractivity contribution in [3.05, 3.63) is 58.9 Å². The zero-order chi connectivity index (χ0) is 15.6. The molecule has 0 saturated heterocycles. The van der Waals surface area contributed by atoms with Gasteiger partial charge in [-0.25, -0.2) is 4.39 Å². The number of carbonyl (C=O) groups is 1. The van der Waals surface area contributed by atoms with Crippen molar-refractivity contribution in [2.75, 3.05) is 0 Å². The van der Waals surface area contributed by atoms with Gasteiger partial charge in [-0.3, -0.25) is 4.79 Å². The van der Waals surface area contributed by atoms with Crippen molar-refractivity contribution in [1.29, 1.82) is 0 Å². The Morgan fingerprint density at radius 1 is 1.10 bits per heavy atom. The van der Waals surface area contributed by atoms with Crippen LogP contribution in [0.1, 0.15) is 42.3 Å². The lowest BCUT2D eigenvalue weighted by Gasteiger charge is -2.23. The summed E-state index contributed by atoms with van der Waals surface area (Å²) >= 11 is 0. The Balaban J connectivity index is 2.50. The number of ether oxygens (including phenoxy) is 1. The summed E-state index contributed by atoms with van der Waals surface area (Å²) in [6, 6.07) is 10.2. The molecule has 0 aliphatic carbocycles. The summed E-state index contributed by atoms with van der Waals surface area (Å²) in [5.74, 6) is 0.299. The smallest absolute Gasteiger partial charge is 0.156 e. The van der Waals surface area contributed by atoms with Gasteiger partial charge in [0.25, 0.3) is 0 Å². The van der Waals surface area contributed by atoms with Crippen molar-refractivity contribution in [3.8, 4) is 11.5 Å². The highest BCUT2D eigenvalue weighted by Gasteiger charge is 2.20. The van der Waals surface area contributed by atoms with Crippen molar-refractivity contribution in [1.82, 2.24) is 0 Å². The molecule has 0 bridgehead atoms. The van der Waals surface area contributed by atoms with Gasteiger partial charge in [-0.05, 0) is 30.5 Å². The average molecular weight is 286 g/mol. The summed E-state index contributed by atoms with van der Waals surface area (Å²) in [5.41, 5.74) is 1.97. The highest BCUT2D eigenvalue weighted by atomic mass is 19.1. The maximum atomic E-state index is 13.6. The first-order valence-electron chi connectivity index (χ1n) is 6.85. The molecule has 0 heterocycles. The van der Waals surface area contributed by atoms with Crippen LogP contribution in [0.2, 0.25) is 0 Å². The molecule has 0 spiro atoms. The number of hydrogen-bond acceptors (Lipinski definition) is 2. The second kappa shape index (κ2) is 5.68. The van der Waals surface area contributed by atoms with Gasteiger partial charge in [0, 0.05) is 5.56 Å². The number of benzene rings is 2. The van der Waals surface area contributed by atoms with Crippen molar-refractivity contribution >= 4 is 6.29 Å². The second-order valence-electron chi connectivity index (χ2n) is 6.12. The lowest BCUT2D eigenvalue weighted by Crippen LogP contribution is -2.13. The van der Waals surface area contributed by atoms with Gasteiger partial charge in [-0.2, -0.15) is 0 Å². The third kappa shape index (κ3) is 3.30. The Bertz CT molecular complexity index is 669. The van der Waals surface area contributed by atoms with E-state index >= 15 is 0 Å². The lowest BCUT2D eigenvalue weighted by atomic mass is 9.85. The standard InChI is InChI=1S/C18H19FO2/c1-12-8-9-17(14(10-12)18(2,3)4)21-16-7-5-6-15(19)13(16)11-20/h5-11H,1-4H3. The van der Waals surface area contributed by atoms with Crippen LogP contribution in [0.25, 0.3) is 0 Å². The van der Waals surface area contributed by atoms with Crippen LogP contribution < -0.4 is 4.74 Å². The quantitative estimate of drug-likeness (QED) is 0.739. The van der Waals surface area contributed by atoms with Gasteiger partial charge in [0.05, 0.1) is 5.56 Å². The molecule has 0 saturated carbocycles. The molecule has 2 aromatic carbocycles. The minimum atomic E-state index is -0.577. The van der Waals surface area contributed by atoms with E-state index in [2.05, 4.69) is 26.8 Å². The fourth-order valence-electron chi connectivity index (χ4n) is 2.16. The molecule has 2 aromatic rings. The summed E-state index contributed by atoms with van der Waals surface area (Å²) in [6.07, 6.45) is 0.482. The monoisotopic (exact) mass is 286 g/mol. The fraction of sp³-hybridized carbons (Fsp3) is 0.278. The van der Waals surface area contributed by atoms with E-state index in [1.165, 1.54) is 12.1 Å². The summed E-state index contributed by atoms with van der Waals surface area (Å²) in [7, 11) is 0. The third-order valence-electron chi connectivity index (χ3n) is 3.29. The van der Waals surface area contributed by atoms with Crippen LogP contribution in [0, 0.1) is 12.7 Å². The number of aldehydes is 1. The van der Waals surface area contributed by atoms with Crippen LogP contribution in [0.4, 0.5) is 4.39 Å². The molecule has 0 atom stereocenters. The van der Waals surface area contributed by atoms with Crippen LogP contribution in [0.3, 0.4) is 0 Å². The predicted octanol–water partition coefficient (Wildman–Crippen LogP) is 5.04. The number of aryl methyl sites for hydroxylation is 1. The van der Waals surface area contributed by atoms with E-state index in [1.807, 2.05) is 19.1 Å². The maximum absolute atomic E-state index is 13.6. The molecule has 0 unspecified atom stereocenters. The molecule has 110 valence electrons. The van der Waals surface area contributed by atoms with Gasteiger partial charge in [-0.1, -0.05) is 44.5 Å². The molecular weight excluding hydrogens is 267 g/mol. The molecule has 0 aromatic heterocycles. The van der Waals surface area contributed by atoms with Gasteiger partial charge in [0.1, 0.15) is 17.3 Å². The molecule has 2 nitrogen and oxygen atoms in total. The van der Waals surface area contributed by atoms with Gasteiger partial charge >= 0.3 is 0 Å². The average Bonchev–Trinajstić information content (AvgIpc) is 2.40. The molecule has 0 amide bonds. The van der Waals surface area contributed by atoms with E-state index in [-0.39, 0.29) is 16.7 Å². The van der Waals surface area contributed by atoms with E-state index < -0.39 is 5.82 Å². The number of carbonyl (C=O) groups excluding carboxylic acids is 1. The number of rotatable bonds is 3. The van der Waals surface area contributed by atoms with Gasteiger partial charge in [0.2, 0.25) is 0 Å². The first kappa shape index (κ1) is 15.2. The van der Waals surface area contributed by atoms with E-state index in [4.69, 9.17) is 4.74 Å². The van der Waals surface area contributed by atoms with Crippen LogP contribution in [-0.2, 0) is 5.41 Å². The molecule has 3 heteroatoms. The maximum Gasteiger partial charge on any atom is 0.156 e. The van der Waals surface area contributed by atoms with Crippen molar-refractivity contribution in [2.45, 2.75) is 33.1 Å². The lowest BCUT2D eigenvalue weighted by molar-refractivity contribution is 0.111. The largest absolute Gasteiger partial charge is 0.456 e. The Labute approximate surface area is 124 Å². The van der Waals surface area contributed by atoms with Crippen LogP contribution in [-0.4, -0.2) is 6.29 Å². The molecule has 21 heavy (non-hydrogen) atoms. The Kier molecular flexibility index (Phi) is 4.12. The molecule has 0 aliphatic rings. The van der Waals surface area contributed by atoms with E-state index in [1.54, 1.807) is 6.07 Å². The zero-order valence-electron chi connectivity index (χ0n) is 12.7. The van der Waals surface area contributed by atoms with E-state index in [0.717, 1.165) is 11.1 Å². The van der Waals surface area contributed by atoms with Crippen LogP contribution in [0.15, 0.2) is 36.4 Å². The number of hydrogen-bond donors (Lipinski definition) is 0. The van der Waals surface area contributed by atoms with Crippen LogP contribution in [0.5, 0.6) is 11.5 Å². The summed E-state index contributed by atoms with van der Waals surface area (Å²) in [4.78, 5) is 11.1. The number of halogens is 1. The molecule has 0 aliphatic heterocycles. The first-order valence-corrected chi connectivity index (χ1v) is 6.85. The first-order chi connectivity index (χ1) is 9.82. The molecule has 0 radical (unpaired) electrons. The highest BCUT2D eigenvalue weighted by molar-refractivity contribution is 5.80. The van der Waals surface area contributed by atoms with Gasteiger partial charge in [0.15, 0.2) is 6.29 Å². The minimum absolute atomic E-state index is 0.0575. The normalized spacial score (nSPS) is 11.3. The molecule has 0 N–H and O–H groups in total. The summed E-state index contributed by atoms with van der Waals surface area (Å²) < 4.78 is 19.5. The highest BCUT2D eigenvalue weighted by Crippen LogP contribution is 2.36. The third-order valence-corrected chi connectivity index (χ3v) is 3.29. The zero-order valence-corrected chi connectivity index (χ0v) is 12.7. The van der Waals surface area contributed by atoms with Crippen molar-refractivity contribution in [3.63, 3.8) is 0 Å². The summed E-state index contributed by atoms with van der Waals surface area (Å²) in [6.45, 7) is 8.26. The Hall–Kier alpha value is -2.16. The van der Waals surface area contributed by atoms with Gasteiger partial charge in [-0.15, -0.1) is 0 Å². The Morgan fingerprint density at radius 2 is 1.81 bits per heavy atom. The predicted molar refractivity (Wildman–Crippen MR) is 81.7 cm³/mol. The van der Waals surface area contributed by atoms with Gasteiger partial charge < -0.3 is 4.74 Å². The minimum Gasteiger partial charge on any atom is -0.456 e. The fourth-order valence-corrected chi connectivity index (χ4v) is 2.16. The van der Waals surface area contributed by atoms with Crippen LogP contribution >= 0.6 is 0 Å². The summed E-state index contributed by atoms with van der Waals surface area (Å²) in [5, 5.41) is 0. The van der Waals surface area contributed by atoms with Crippen molar-refractivity contribution in [2.24, 2.45) is 0 Å². The molecular formula is C18H19FO2. The topological polar surface area (TPSA) is 26.3 Å². The molecule has 0 fully saturated rings. The van der Waals surface area contributed by atoms with E-state index in [9.17, 15) is 9.18 Å². The Morgan fingerprint density at radius 3 is 2.43 bits per heavy atom. The van der Waals surface area contributed by atoms with E-state index in [0.29, 0.717) is 12.0 Å².